The van der Waals surface area contributed by atoms with Gasteiger partial charge in [0.1, 0.15) is 0 Å². The van der Waals surface area contributed by atoms with Gasteiger partial charge in [-0.15, -0.1) is 0 Å². The molecule has 0 spiro atoms. The zero-order valence-electron chi connectivity index (χ0n) is 12.0. The van der Waals surface area contributed by atoms with Crippen LogP contribution in [0.3, 0.4) is 0 Å². The Hall–Kier alpha value is -1.88. The van der Waals surface area contributed by atoms with Crippen molar-refractivity contribution in [3.05, 3.63) is 35.4 Å². The van der Waals surface area contributed by atoms with E-state index in [0.717, 1.165) is 13.0 Å². The maximum atomic E-state index is 12.2. The molecule has 3 N–H and O–H groups in total. The number of rotatable bonds is 3. The van der Waals surface area contributed by atoms with Gasteiger partial charge in [0.25, 0.3) is 0 Å². The van der Waals surface area contributed by atoms with Gasteiger partial charge in [-0.1, -0.05) is 24.3 Å². The Labute approximate surface area is 124 Å². The van der Waals surface area contributed by atoms with Crippen molar-refractivity contribution < 1.29 is 9.59 Å². The van der Waals surface area contributed by atoms with E-state index in [1.54, 1.807) is 0 Å². The normalized spacial score (nSPS) is 24.9. The number of hydrogen-bond acceptors (Lipinski definition) is 3. The summed E-state index contributed by atoms with van der Waals surface area (Å²) in [7, 11) is 0. The number of benzene rings is 1. The lowest BCUT2D eigenvalue weighted by Gasteiger charge is -2.28. The van der Waals surface area contributed by atoms with Crippen molar-refractivity contribution in [2.24, 2.45) is 5.92 Å². The summed E-state index contributed by atoms with van der Waals surface area (Å²) in [4.78, 5) is 23.3. The zero-order valence-corrected chi connectivity index (χ0v) is 12.0. The van der Waals surface area contributed by atoms with E-state index in [1.807, 2.05) is 6.07 Å². The Balaban J connectivity index is 1.56. The van der Waals surface area contributed by atoms with Crippen molar-refractivity contribution in [3.63, 3.8) is 0 Å². The van der Waals surface area contributed by atoms with E-state index < -0.39 is 0 Å². The second-order valence-electron chi connectivity index (χ2n) is 5.74. The van der Waals surface area contributed by atoms with Crippen molar-refractivity contribution in [2.45, 2.75) is 25.3 Å². The van der Waals surface area contributed by atoms with Crippen LogP contribution in [-0.4, -0.2) is 31.4 Å². The summed E-state index contributed by atoms with van der Waals surface area (Å²) in [6.45, 7) is 2.00. The van der Waals surface area contributed by atoms with Crippen LogP contribution >= 0.6 is 0 Å². The number of fused-ring (bicyclic) bond motifs is 1. The highest BCUT2D eigenvalue weighted by molar-refractivity contribution is 5.83. The van der Waals surface area contributed by atoms with Crippen LogP contribution in [0.2, 0.25) is 0 Å². The Bertz CT molecular complexity index is 534. The summed E-state index contributed by atoms with van der Waals surface area (Å²) in [5.74, 6) is -0.0108. The lowest BCUT2D eigenvalue weighted by atomic mass is 9.94. The average Bonchev–Trinajstić information content (AvgIpc) is 2.53. The van der Waals surface area contributed by atoms with Crippen LogP contribution in [0.5, 0.6) is 0 Å². The first-order chi connectivity index (χ1) is 10.2. The van der Waals surface area contributed by atoms with Crippen molar-refractivity contribution in [1.29, 1.82) is 0 Å². The average molecular weight is 287 g/mol. The smallest absolute Gasteiger partial charge is 0.224 e. The number of carbonyl (C=O) groups excluding carboxylic acids is 2. The van der Waals surface area contributed by atoms with E-state index in [2.05, 4.69) is 34.1 Å². The van der Waals surface area contributed by atoms with Crippen LogP contribution in [0.1, 0.15) is 30.0 Å². The highest BCUT2D eigenvalue weighted by atomic mass is 16.2. The fourth-order valence-electron chi connectivity index (χ4n) is 3.08. The molecular formula is C16H21N3O2. The van der Waals surface area contributed by atoms with Gasteiger partial charge >= 0.3 is 0 Å². The van der Waals surface area contributed by atoms with Gasteiger partial charge in [-0.3, -0.25) is 9.59 Å². The van der Waals surface area contributed by atoms with Gasteiger partial charge in [0.05, 0.1) is 5.92 Å². The summed E-state index contributed by atoms with van der Waals surface area (Å²) in [5.41, 5.74) is 2.64. The second-order valence-corrected chi connectivity index (χ2v) is 5.74. The van der Waals surface area contributed by atoms with E-state index in [9.17, 15) is 9.59 Å². The van der Waals surface area contributed by atoms with Crippen LogP contribution < -0.4 is 16.0 Å². The number of piperidine rings is 1. The molecule has 1 aromatic rings. The van der Waals surface area contributed by atoms with Gasteiger partial charge in [0.15, 0.2) is 0 Å². The molecule has 21 heavy (non-hydrogen) atoms. The third-order valence-electron chi connectivity index (χ3n) is 4.33. The molecule has 1 aromatic carbocycles. The minimum atomic E-state index is -0.0958. The van der Waals surface area contributed by atoms with Gasteiger partial charge in [0.2, 0.25) is 11.8 Å². The Morgan fingerprint density at radius 3 is 2.95 bits per heavy atom. The second kappa shape index (κ2) is 6.26. The molecule has 0 radical (unpaired) electrons. The molecule has 3 rings (SSSR count). The molecule has 1 fully saturated rings. The van der Waals surface area contributed by atoms with Crippen LogP contribution in [0.15, 0.2) is 24.3 Å². The monoisotopic (exact) mass is 287 g/mol. The van der Waals surface area contributed by atoms with Crippen molar-refractivity contribution in [2.75, 3.05) is 19.6 Å². The maximum absolute atomic E-state index is 12.2. The molecule has 2 unspecified atom stereocenters. The number of carbonyl (C=O) groups is 2. The molecule has 112 valence electrons. The molecule has 2 atom stereocenters. The lowest BCUT2D eigenvalue weighted by Crippen LogP contribution is -2.45. The predicted octanol–water partition coefficient (Wildman–Crippen LogP) is 0.516. The van der Waals surface area contributed by atoms with E-state index in [0.29, 0.717) is 25.9 Å². The first-order valence-corrected chi connectivity index (χ1v) is 7.59. The van der Waals surface area contributed by atoms with Crippen LogP contribution in [-0.2, 0) is 16.0 Å². The Morgan fingerprint density at radius 1 is 1.29 bits per heavy atom. The van der Waals surface area contributed by atoms with E-state index in [-0.39, 0.29) is 23.8 Å². The largest absolute Gasteiger partial charge is 0.355 e. The highest BCUT2D eigenvalue weighted by Gasteiger charge is 2.26. The summed E-state index contributed by atoms with van der Waals surface area (Å²) < 4.78 is 0. The van der Waals surface area contributed by atoms with Crippen molar-refractivity contribution >= 4 is 11.8 Å². The number of amides is 2. The summed E-state index contributed by atoms with van der Waals surface area (Å²) >= 11 is 0. The molecule has 1 saturated heterocycles. The molecule has 2 aliphatic heterocycles. The van der Waals surface area contributed by atoms with E-state index in [4.69, 9.17) is 0 Å². The maximum Gasteiger partial charge on any atom is 0.224 e. The molecule has 0 aromatic heterocycles. The molecule has 5 heteroatoms. The molecule has 2 heterocycles. The minimum Gasteiger partial charge on any atom is -0.355 e. The van der Waals surface area contributed by atoms with Gasteiger partial charge in [-0.25, -0.2) is 0 Å². The quantitative estimate of drug-likeness (QED) is 0.759. The van der Waals surface area contributed by atoms with Crippen LogP contribution in [0.4, 0.5) is 0 Å². The van der Waals surface area contributed by atoms with Gasteiger partial charge in [-0.2, -0.15) is 0 Å². The first kappa shape index (κ1) is 14.1. The third-order valence-corrected chi connectivity index (χ3v) is 4.33. The lowest BCUT2D eigenvalue weighted by molar-refractivity contribution is -0.129. The zero-order chi connectivity index (χ0) is 14.7. The van der Waals surface area contributed by atoms with Crippen molar-refractivity contribution in [1.82, 2.24) is 16.0 Å². The first-order valence-electron chi connectivity index (χ1n) is 7.59. The molecule has 5 nitrogen and oxygen atoms in total. The fourth-order valence-corrected chi connectivity index (χ4v) is 3.08. The molecule has 0 saturated carbocycles. The minimum absolute atomic E-state index is 0.0415. The Kier molecular flexibility index (Phi) is 4.20. The van der Waals surface area contributed by atoms with Gasteiger partial charge in [0, 0.05) is 25.6 Å². The summed E-state index contributed by atoms with van der Waals surface area (Å²) in [5, 5.41) is 9.23. The van der Waals surface area contributed by atoms with Gasteiger partial charge in [-0.05, 0) is 30.5 Å². The Morgan fingerprint density at radius 2 is 2.14 bits per heavy atom. The predicted molar refractivity (Wildman–Crippen MR) is 79.6 cm³/mol. The van der Waals surface area contributed by atoms with Gasteiger partial charge < -0.3 is 16.0 Å². The summed E-state index contributed by atoms with van der Waals surface area (Å²) in [6, 6.07) is 8.56. The molecule has 2 aliphatic rings. The topological polar surface area (TPSA) is 70.2 Å². The molecule has 0 aliphatic carbocycles. The standard InChI is InChI=1S/C16H21N3O2/c20-15-6-5-12(9-18-15)16(21)19-10-14-13-4-2-1-3-11(13)7-8-17-14/h1-4,12,14,17H,5-10H2,(H,18,20)(H,19,21). The highest BCUT2D eigenvalue weighted by Crippen LogP contribution is 2.22. The van der Waals surface area contributed by atoms with E-state index in [1.165, 1.54) is 11.1 Å². The molecule has 2 amide bonds. The SMILES string of the molecule is O=C1CCC(C(=O)NCC2NCCc3ccccc32)CN1. The summed E-state index contributed by atoms with van der Waals surface area (Å²) in [6.07, 6.45) is 2.13. The number of hydrogen-bond donors (Lipinski definition) is 3. The van der Waals surface area contributed by atoms with E-state index >= 15 is 0 Å². The van der Waals surface area contributed by atoms with Crippen LogP contribution in [0, 0.1) is 5.92 Å². The molecular weight excluding hydrogens is 266 g/mol. The fraction of sp³-hybridized carbons (Fsp3) is 0.500. The van der Waals surface area contributed by atoms with Crippen LogP contribution in [0.25, 0.3) is 0 Å². The number of nitrogens with one attached hydrogen (secondary N) is 3. The molecule has 0 bridgehead atoms. The third kappa shape index (κ3) is 3.24. The van der Waals surface area contributed by atoms with Crippen molar-refractivity contribution in [3.8, 4) is 0 Å².